The number of aromatic carboxylic acids is 1. The van der Waals surface area contributed by atoms with Crippen molar-refractivity contribution in [2.45, 2.75) is 0 Å². The second kappa shape index (κ2) is 10.4. The number of aromatic nitrogens is 4. The van der Waals surface area contributed by atoms with Crippen molar-refractivity contribution in [1.82, 2.24) is 19.5 Å². The molecule has 0 fully saturated rings. The van der Waals surface area contributed by atoms with Gasteiger partial charge in [0.05, 0.1) is 16.7 Å². The summed E-state index contributed by atoms with van der Waals surface area (Å²) in [5.74, 6) is -0.316. The number of hydrogen-bond donors (Lipinski definition) is 1. The number of carbonyl (C=O) groups is 1. The number of fused-ring (bicyclic) bond motifs is 2. The van der Waals surface area contributed by atoms with E-state index in [2.05, 4.69) is 50.9 Å². The minimum atomic E-state index is -1.07. The van der Waals surface area contributed by atoms with Gasteiger partial charge in [-0.25, -0.2) is 14.8 Å². The third-order valence-corrected chi connectivity index (χ3v) is 6.91. The minimum Gasteiger partial charge on any atom is -0.663 e. The van der Waals surface area contributed by atoms with Crippen molar-refractivity contribution in [3.63, 3.8) is 0 Å². The van der Waals surface area contributed by atoms with Crippen LogP contribution in [0.3, 0.4) is 0 Å². The smallest absolute Gasteiger partial charge is 0.354 e. The predicted octanol–water partition coefficient (Wildman–Crippen LogP) is 7.23. The SMILES string of the molecule is O=C(O)c1cccc(-c2cccc3c2nc(-c2cccc4cc[n-]c24)n3-c2cccc(-c3ccccc3)c2)n1.[Pt]. The zero-order chi connectivity index (χ0) is 26.3. The van der Waals surface area contributed by atoms with Gasteiger partial charge in [0.15, 0.2) is 0 Å². The monoisotopic (exact) mass is 700 g/mol. The molecule has 196 valence electrons. The van der Waals surface area contributed by atoms with Crippen molar-refractivity contribution in [2.24, 2.45) is 0 Å². The van der Waals surface area contributed by atoms with Crippen molar-refractivity contribution in [2.75, 3.05) is 0 Å². The molecule has 0 radical (unpaired) electrons. The molecular weight excluding hydrogens is 679 g/mol. The summed E-state index contributed by atoms with van der Waals surface area (Å²) in [6.45, 7) is 0. The number of hydrogen-bond acceptors (Lipinski definition) is 3. The molecule has 3 heterocycles. The third kappa shape index (κ3) is 4.33. The van der Waals surface area contributed by atoms with Gasteiger partial charge < -0.3 is 10.1 Å². The number of carboxylic acids is 1. The average Bonchev–Trinajstić information content (AvgIpc) is 3.63. The summed E-state index contributed by atoms with van der Waals surface area (Å²) in [5, 5.41) is 10.6. The molecule has 7 rings (SSSR count). The Balaban J connectivity index is 0.00000289. The van der Waals surface area contributed by atoms with E-state index >= 15 is 0 Å². The summed E-state index contributed by atoms with van der Waals surface area (Å²) >= 11 is 0. The van der Waals surface area contributed by atoms with Crippen LogP contribution in [0.2, 0.25) is 0 Å². The summed E-state index contributed by atoms with van der Waals surface area (Å²) in [5.41, 5.74) is 7.90. The first-order chi connectivity index (χ1) is 19.2. The van der Waals surface area contributed by atoms with Crippen LogP contribution in [0, 0.1) is 0 Å². The van der Waals surface area contributed by atoms with Gasteiger partial charge in [0.2, 0.25) is 0 Å². The van der Waals surface area contributed by atoms with Crippen LogP contribution in [-0.4, -0.2) is 25.6 Å². The van der Waals surface area contributed by atoms with E-state index in [4.69, 9.17) is 4.98 Å². The van der Waals surface area contributed by atoms with Crippen molar-refractivity contribution in [3.05, 3.63) is 127 Å². The van der Waals surface area contributed by atoms with Crippen LogP contribution in [0.4, 0.5) is 0 Å². The van der Waals surface area contributed by atoms with Gasteiger partial charge in [0, 0.05) is 37.9 Å². The zero-order valence-corrected chi connectivity index (χ0v) is 23.3. The number of nitrogens with zero attached hydrogens (tertiary/aromatic N) is 4. The predicted molar refractivity (Wildman–Crippen MR) is 153 cm³/mol. The molecule has 0 atom stereocenters. The Labute approximate surface area is 244 Å². The van der Waals surface area contributed by atoms with E-state index < -0.39 is 5.97 Å². The summed E-state index contributed by atoms with van der Waals surface area (Å²) in [6, 6.07) is 37.7. The van der Waals surface area contributed by atoms with Crippen LogP contribution in [0.15, 0.2) is 121 Å². The second-order valence-corrected chi connectivity index (χ2v) is 9.26. The molecule has 0 spiro atoms. The molecule has 0 saturated carbocycles. The van der Waals surface area contributed by atoms with E-state index in [1.54, 1.807) is 6.07 Å². The first-order valence-corrected chi connectivity index (χ1v) is 12.6. The molecule has 0 amide bonds. The van der Waals surface area contributed by atoms with Crippen LogP contribution >= 0.6 is 0 Å². The Morgan fingerprint density at radius 2 is 1.48 bits per heavy atom. The van der Waals surface area contributed by atoms with Gasteiger partial charge in [-0.1, -0.05) is 84.9 Å². The van der Waals surface area contributed by atoms with Crippen LogP contribution in [0.25, 0.3) is 61.4 Å². The number of para-hydroxylation sites is 2. The summed E-state index contributed by atoms with van der Waals surface area (Å²) in [4.78, 5) is 25.9. The summed E-state index contributed by atoms with van der Waals surface area (Å²) in [6.07, 6.45) is 1.81. The van der Waals surface area contributed by atoms with Crippen LogP contribution in [-0.2, 0) is 21.1 Å². The van der Waals surface area contributed by atoms with Crippen molar-refractivity contribution in [3.8, 4) is 39.5 Å². The Morgan fingerprint density at radius 3 is 2.33 bits per heavy atom. The molecule has 4 aromatic carbocycles. The molecule has 7 heteroatoms. The van der Waals surface area contributed by atoms with E-state index in [-0.39, 0.29) is 26.8 Å². The van der Waals surface area contributed by atoms with E-state index in [0.717, 1.165) is 55.7 Å². The molecule has 0 aliphatic carbocycles. The normalized spacial score (nSPS) is 11.0. The Kier molecular flexibility index (Phi) is 6.62. The largest absolute Gasteiger partial charge is 0.663 e. The van der Waals surface area contributed by atoms with E-state index in [1.807, 2.05) is 72.9 Å². The van der Waals surface area contributed by atoms with Gasteiger partial charge in [-0.05, 0) is 46.8 Å². The molecule has 3 aromatic heterocycles. The van der Waals surface area contributed by atoms with E-state index in [0.29, 0.717) is 5.69 Å². The number of rotatable bonds is 5. The maximum Gasteiger partial charge on any atom is 0.354 e. The van der Waals surface area contributed by atoms with Gasteiger partial charge in [-0.15, -0.1) is 5.52 Å². The molecule has 0 aliphatic rings. The number of benzene rings is 4. The maximum absolute atomic E-state index is 11.6. The first kappa shape index (κ1) is 25.5. The quantitative estimate of drug-likeness (QED) is 0.205. The fraction of sp³-hybridized carbons (Fsp3) is 0. The molecule has 40 heavy (non-hydrogen) atoms. The van der Waals surface area contributed by atoms with Crippen LogP contribution in [0.5, 0.6) is 0 Å². The van der Waals surface area contributed by atoms with Crippen molar-refractivity contribution in [1.29, 1.82) is 0 Å². The molecular formula is C33H21N4O2Pt-. The maximum atomic E-state index is 11.6. The van der Waals surface area contributed by atoms with Gasteiger partial charge in [0.25, 0.3) is 0 Å². The summed E-state index contributed by atoms with van der Waals surface area (Å²) < 4.78 is 2.15. The number of pyridine rings is 1. The minimum absolute atomic E-state index is 0. The molecule has 0 aliphatic heterocycles. The fourth-order valence-electron chi connectivity index (χ4n) is 5.12. The van der Waals surface area contributed by atoms with Gasteiger partial charge in [-0.3, -0.25) is 4.57 Å². The number of imidazole rings is 1. The molecule has 0 saturated heterocycles. The van der Waals surface area contributed by atoms with Crippen molar-refractivity contribution < 1.29 is 31.0 Å². The third-order valence-electron chi connectivity index (χ3n) is 6.91. The Hall–Kier alpha value is -4.80. The van der Waals surface area contributed by atoms with Crippen molar-refractivity contribution >= 4 is 27.9 Å². The molecule has 1 N–H and O–H groups in total. The first-order valence-electron chi connectivity index (χ1n) is 12.6. The average molecular weight is 701 g/mol. The topological polar surface area (TPSA) is 82.1 Å². The second-order valence-electron chi connectivity index (χ2n) is 9.26. The fourth-order valence-corrected chi connectivity index (χ4v) is 5.12. The number of carboxylic acid groups (broad SMARTS) is 1. The Morgan fingerprint density at radius 1 is 0.725 bits per heavy atom. The van der Waals surface area contributed by atoms with Gasteiger partial charge in [-0.2, -0.15) is 6.20 Å². The molecule has 7 aromatic rings. The van der Waals surface area contributed by atoms with Crippen LogP contribution in [0.1, 0.15) is 10.5 Å². The Bertz CT molecular complexity index is 2010. The van der Waals surface area contributed by atoms with Crippen LogP contribution < -0.4 is 4.98 Å². The molecule has 0 unspecified atom stereocenters. The zero-order valence-electron chi connectivity index (χ0n) is 21.0. The van der Waals surface area contributed by atoms with E-state index in [9.17, 15) is 9.90 Å². The van der Waals surface area contributed by atoms with E-state index in [1.165, 1.54) is 6.07 Å². The van der Waals surface area contributed by atoms with Gasteiger partial charge >= 0.3 is 5.97 Å². The standard InChI is InChI=1S/C33H22N4O2.Pt/c38-33(39)28-16-7-15-27(35-28)25-13-6-17-29-31(25)36-32(26-14-5-10-22-18-19-34-30(22)26)37(29)24-12-4-11-23(20-24)21-8-2-1-3-9-21;/h1-20H,(H2,34,35,36,38,39);/p-1. The molecule has 6 nitrogen and oxygen atoms in total. The molecule has 0 bridgehead atoms. The van der Waals surface area contributed by atoms with Gasteiger partial charge in [0.1, 0.15) is 11.5 Å². The summed E-state index contributed by atoms with van der Waals surface area (Å²) in [7, 11) is 0.